The van der Waals surface area contributed by atoms with Crippen molar-refractivity contribution < 1.29 is 73.9 Å². The Morgan fingerprint density at radius 1 is 0.365 bits per heavy atom. The van der Waals surface area contributed by atoms with Crippen LogP contribution in [0.3, 0.4) is 0 Å². The zero-order valence-electron chi connectivity index (χ0n) is 55.7. The number of ether oxygens (including phenoxy) is 2. The zero-order chi connectivity index (χ0) is 66.7. The molecule has 3 N–H and O–H groups in total. The van der Waals surface area contributed by atoms with Gasteiger partial charge in [-0.3, -0.25) is 39.9 Å². The van der Waals surface area contributed by atoms with E-state index in [2.05, 4.69) is 142 Å². The summed E-state index contributed by atoms with van der Waals surface area (Å²) in [5.41, 5.74) is 18.1. The zero-order valence-corrected chi connectivity index (χ0v) is 57.7. The second-order valence-electron chi connectivity index (χ2n) is 23.6. The van der Waals surface area contributed by atoms with E-state index in [-0.39, 0.29) is 58.1 Å². The van der Waals surface area contributed by atoms with Gasteiger partial charge in [0.05, 0.1) is 58.5 Å². The number of aromatic nitrogens is 8. The fourth-order valence-electron chi connectivity index (χ4n) is 10.7. The molecule has 4 aromatic carbocycles. The third kappa shape index (κ3) is 20.5. The number of carbonyl (C=O) groups is 4. The Morgan fingerprint density at radius 2 is 0.635 bits per heavy atom. The minimum atomic E-state index is -0.932. The molecule has 0 fully saturated rings. The van der Waals surface area contributed by atoms with Gasteiger partial charge in [0.2, 0.25) is 0 Å². The first kappa shape index (κ1) is 73.4. The Morgan fingerprint density at radius 3 is 0.917 bits per heavy atom. The maximum atomic E-state index is 11.6. The molecule has 0 bridgehead atoms. The van der Waals surface area contributed by atoms with Crippen LogP contribution in [-0.2, 0) is 48.0 Å². The number of esters is 2. The average Bonchev–Trinajstić information content (AvgIpc) is 0.852. The van der Waals surface area contributed by atoms with Gasteiger partial charge in [0.15, 0.2) is 0 Å². The van der Waals surface area contributed by atoms with Crippen LogP contribution >= 0.6 is 0 Å². The second kappa shape index (κ2) is 35.5. The molecule has 8 heterocycles. The second-order valence-corrected chi connectivity index (χ2v) is 23.6. The molecule has 12 aromatic rings. The molecular formula is C78H77N8NaO9. The number of nitrogens with zero attached hydrogens (tertiary/aromatic N) is 8. The van der Waals surface area contributed by atoms with E-state index in [0.29, 0.717) is 48.6 Å². The molecule has 12 rings (SSSR count). The first-order chi connectivity index (χ1) is 45.4. The number of rotatable bonds is 18. The minimum Gasteiger partial charge on any atom is -0.870 e. The van der Waals surface area contributed by atoms with Crippen LogP contribution in [0.4, 0.5) is 0 Å². The van der Waals surface area contributed by atoms with Crippen molar-refractivity contribution in [2.45, 2.75) is 105 Å². The van der Waals surface area contributed by atoms with E-state index < -0.39 is 11.9 Å². The van der Waals surface area contributed by atoms with Gasteiger partial charge in [-0.15, -0.1) is 0 Å². The quantitative estimate of drug-likeness (QED) is 0.0597. The van der Waals surface area contributed by atoms with E-state index >= 15 is 0 Å². The Balaban J connectivity index is 0.000000179. The summed E-state index contributed by atoms with van der Waals surface area (Å²) in [4.78, 5) is 80.6. The number of hydrogen-bond acceptors (Lipinski definition) is 15. The number of fused-ring (bicyclic) bond motifs is 4. The summed E-state index contributed by atoms with van der Waals surface area (Å²) >= 11 is 0. The van der Waals surface area contributed by atoms with Gasteiger partial charge in [0.1, 0.15) is 0 Å². The number of carbonyl (C=O) groups excluding carboxylic acids is 2. The van der Waals surface area contributed by atoms with Crippen molar-refractivity contribution in [3.8, 4) is 0 Å². The summed E-state index contributed by atoms with van der Waals surface area (Å²) in [7, 11) is 2.76. The van der Waals surface area contributed by atoms with Crippen LogP contribution in [0.15, 0.2) is 195 Å². The predicted molar refractivity (Wildman–Crippen MR) is 370 cm³/mol. The number of carboxylic acid groups (broad SMARTS) is 2. The molecule has 0 aliphatic rings. The van der Waals surface area contributed by atoms with E-state index in [9.17, 15) is 19.2 Å². The molecule has 96 heavy (non-hydrogen) atoms. The van der Waals surface area contributed by atoms with Gasteiger partial charge in [0.25, 0.3) is 0 Å². The fourth-order valence-corrected chi connectivity index (χ4v) is 10.7. The fraction of sp³-hybridized carbons (Fsp3) is 0.231. The molecular weight excluding hydrogens is 1220 g/mol. The van der Waals surface area contributed by atoms with E-state index in [1.807, 2.05) is 61.2 Å². The number of aromatic carboxylic acids is 2. The van der Waals surface area contributed by atoms with Crippen LogP contribution in [0.5, 0.6) is 0 Å². The van der Waals surface area contributed by atoms with E-state index in [1.165, 1.54) is 54.8 Å². The third-order valence-corrected chi connectivity index (χ3v) is 15.7. The van der Waals surface area contributed by atoms with Crippen LogP contribution in [0.2, 0.25) is 0 Å². The Hall–Kier alpha value is -10.0. The van der Waals surface area contributed by atoms with Crippen LogP contribution in [0.1, 0.15) is 175 Å². The van der Waals surface area contributed by atoms with Crippen molar-refractivity contribution in [1.82, 2.24) is 39.9 Å². The topological polar surface area (TPSA) is 260 Å². The molecule has 0 aliphatic heterocycles. The number of aryl methyl sites for hydroxylation is 2. The summed E-state index contributed by atoms with van der Waals surface area (Å²) in [6, 6.07) is 46.6. The van der Waals surface area contributed by atoms with Gasteiger partial charge in [0, 0.05) is 120 Å². The van der Waals surface area contributed by atoms with Gasteiger partial charge >= 0.3 is 53.4 Å². The Labute approximate surface area is 581 Å². The van der Waals surface area contributed by atoms with Crippen molar-refractivity contribution in [2.75, 3.05) is 14.2 Å². The molecule has 0 aliphatic carbocycles. The molecule has 0 radical (unpaired) electrons. The van der Waals surface area contributed by atoms with E-state index in [4.69, 9.17) is 19.7 Å². The van der Waals surface area contributed by atoms with E-state index in [1.54, 1.807) is 55.0 Å². The number of pyridine rings is 8. The van der Waals surface area contributed by atoms with Crippen LogP contribution in [0.25, 0.3) is 43.6 Å². The summed E-state index contributed by atoms with van der Waals surface area (Å²) in [6.45, 7) is 12.9. The number of hydrogen-bond donors (Lipinski definition) is 2. The molecule has 8 aromatic heterocycles. The number of methoxy groups -OCH3 is 2. The standard InChI is InChI=1S/2C20H20N2O2.2C19H18N2O2.Na.H2O/c1-13(2)17-10-16-8-14(4-5-19(16)22-12-17)9-18-11-15(6-7-21-18)20(23)24-3;1-3-4-15-10-17-9-14(5-6-19(17)22-13-15)11-18-12-16(7-8-21-18)20(23)24-2;1-12(2)16-9-15-7-13(3-4-18(15)21-11-16)8-17-10-14(19(22)23)5-6-20-17;1-2-3-14-9-16-8-13(4-5-18(16)21-12-14)10-17-11-15(19(22)23)6-7-20-17;;/h4-8,10-13H,9H2,1-3H3;5-10,12-13H,3-4,11H2,1-2H3;3-7,9-12H,8H2,1-2H3,(H,22,23);4-9,11-12H,2-3,10H2,1H3,(H,22,23);;1H2/q;;;;+1;/p-1. The van der Waals surface area contributed by atoms with Gasteiger partial charge < -0.3 is 25.2 Å². The minimum absolute atomic E-state index is 0. The molecule has 17 nitrogen and oxygen atoms in total. The number of benzene rings is 4. The molecule has 0 atom stereocenters. The van der Waals surface area contributed by atoms with Crippen LogP contribution in [-0.4, -0.2) is 93.7 Å². The number of carboxylic acids is 2. The van der Waals surface area contributed by atoms with Crippen molar-refractivity contribution in [1.29, 1.82) is 0 Å². The predicted octanol–water partition coefficient (Wildman–Crippen LogP) is 12.8. The summed E-state index contributed by atoms with van der Waals surface area (Å²) < 4.78 is 9.52. The van der Waals surface area contributed by atoms with Crippen molar-refractivity contribution in [3.05, 3.63) is 285 Å². The Kier molecular flexibility index (Phi) is 27.1. The molecule has 484 valence electrons. The van der Waals surface area contributed by atoms with Crippen LogP contribution < -0.4 is 29.6 Å². The van der Waals surface area contributed by atoms with Crippen molar-refractivity contribution in [3.63, 3.8) is 0 Å². The SMILES string of the molecule is CC(C)c1cnc2ccc(Cc3cc(C(=O)O)ccn3)cc2c1.CCCc1cnc2ccc(Cc3cc(C(=O)O)ccn3)cc2c1.CCCc1cnc2ccc(Cc3cc(C(=O)OC)ccn3)cc2c1.COC(=O)c1ccnc(Cc2ccc3ncc(C(C)C)cc3c2)c1.[Na+].[OH-]. The maximum Gasteiger partial charge on any atom is 1.00 e. The van der Waals surface area contributed by atoms with Gasteiger partial charge in [-0.2, -0.15) is 0 Å². The van der Waals surface area contributed by atoms with Crippen molar-refractivity contribution >= 4 is 67.5 Å². The maximum absolute atomic E-state index is 11.6. The summed E-state index contributed by atoms with van der Waals surface area (Å²) in [5.74, 6) is -1.67. The molecule has 18 heteroatoms. The summed E-state index contributed by atoms with van der Waals surface area (Å²) in [6.07, 6.45) is 20.9. The molecule has 0 unspecified atom stereocenters. The largest absolute Gasteiger partial charge is 1.00 e. The smallest absolute Gasteiger partial charge is 0.870 e. The summed E-state index contributed by atoms with van der Waals surface area (Å²) in [5, 5.41) is 22.6. The monoisotopic (exact) mass is 1290 g/mol. The first-order valence-electron chi connectivity index (χ1n) is 31.4. The van der Waals surface area contributed by atoms with Crippen molar-refractivity contribution in [2.24, 2.45) is 0 Å². The van der Waals surface area contributed by atoms with Gasteiger partial charge in [-0.05, 0) is 191 Å². The first-order valence-corrected chi connectivity index (χ1v) is 31.4. The van der Waals surface area contributed by atoms with Gasteiger partial charge in [-0.25, -0.2) is 19.2 Å². The van der Waals surface area contributed by atoms with Gasteiger partial charge in [-0.1, -0.05) is 78.6 Å². The van der Waals surface area contributed by atoms with Crippen LogP contribution in [0, 0.1) is 0 Å². The van der Waals surface area contributed by atoms with E-state index in [0.717, 1.165) is 114 Å². The Bertz CT molecular complexity index is 4680. The normalized spacial score (nSPS) is 10.7. The third-order valence-electron chi connectivity index (χ3n) is 15.7. The molecule has 0 amide bonds. The molecule has 0 spiro atoms. The average molecular weight is 1290 g/mol. The molecule has 0 saturated heterocycles. The molecule has 0 saturated carbocycles.